The van der Waals surface area contributed by atoms with Crippen molar-refractivity contribution in [1.29, 1.82) is 0 Å². The Bertz CT molecular complexity index is 302. The van der Waals surface area contributed by atoms with E-state index >= 15 is 0 Å². The Morgan fingerprint density at radius 3 is 2.57 bits per heavy atom. The van der Waals surface area contributed by atoms with Crippen molar-refractivity contribution in [3.05, 3.63) is 12.4 Å². The highest BCUT2D eigenvalue weighted by molar-refractivity contribution is 5.76. The molecule has 0 aliphatic heterocycles. The summed E-state index contributed by atoms with van der Waals surface area (Å²) in [5.74, 6) is 0. The first-order chi connectivity index (χ1) is 6.40. The lowest BCUT2D eigenvalue weighted by Gasteiger charge is -2.26. The van der Waals surface area contributed by atoms with E-state index in [4.69, 9.17) is 5.11 Å². The zero-order valence-electron chi connectivity index (χ0n) is 8.51. The van der Waals surface area contributed by atoms with Crippen molar-refractivity contribution in [2.75, 3.05) is 11.6 Å². The van der Waals surface area contributed by atoms with Crippen LogP contribution in [0.5, 0.6) is 0 Å². The standard InChI is InChI=1S/C8H14N4O2/c1-8(2,3)6-11(7(13)14)12-5-4-9-10-12/h4-5H,6H2,1-3H3,(H,13,14). The minimum Gasteiger partial charge on any atom is -0.464 e. The fourth-order valence-electron chi connectivity index (χ4n) is 1.01. The van der Waals surface area contributed by atoms with Gasteiger partial charge in [-0.1, -0.05) is 20.8 Å². The molecule has 1 aromatic heterocycles. The van der Waals surface area contributed by atoms with Crippen LogP contribution in [-0.2, 0) is 0 Å². The van der Waals surface area contributed by atoms with Crippen molar-refractivity contribution in [3.63, 3.8) is 0 Å². The first-order valence-electron chi connectivity index (χ1n) is 4.27. The van der Waals surface area contributed by atoms with Gasteiger partial charge in [-0.05, 0) is 10.6 Å². The summed E-state index contributed by atoms with van der Waals surface area (Å²) in [7, 11) is 0. The number of nitrogens with zero attached hydrogens (tertiary/aromatic N) is 4. The molecule has 0 radical (unpaired) electrons. The quantitative estimate of drug-likeness (QED) is 0.767. The summed E-state index contributed by atoms with van der Waals surface area (Å²) in [6.07, 6.45) is 1.91. The number of carboxylic acid groups (broad SMARTS) is 1. The van der Waals surface area contributed by atoms with Crippen LogP contribution in [0, 0.1) is 5.41 Å². The molecule has 0 saturated carbocycles. The lowest BCUT2D eigenvalue weighted by atomic mass is 9.97. The third-order valence-electron chi connectivity index (χ3n) is 1.50. The Balaban J connectivity index is 2.82. The SMILES string of the molecule is CC(C)(C)CN(C(=O)O)n1ccnn1. The predicted molar refractivity (Wildman–Crippen MR) is 50.6 cm³/mol. The van der Waals surface area contributed by atoms with Gasteiger partial charge in [0.25, 0.3) is 0 Å². The van der Waals surface area contributed by atoms with Crippen LogP contribution in [0.15, 0.2) is 12.4 Å². The van der Waals surface area contributed by atoms with Crippen LogP contribution in [0.1, 0.15) is 20.8 Å². The fraction of sp³-hybridized carbons (Fsp3) is 0.625. The lowest BCUT2D eigenvalue weighted by molar-refractivity contribution is 0.187. The summed E-state index contributed by atoms with van der Waals surface area (Å²) in [4.78, 5) is 12.1. The number of aromatic nitrogens is 3. The van der Waals surface area contributed by atoms with Crippen molar-refractivity contribution in [2.45, 2.75) is 20.8 Å². The number of rotatable bonds is 2. The Labute approximate surface area is 82.1 Å². The van der Waals surface area contributed by atoms with E-state index in [0.29, 0.717) is 6.54 Å². The molecule has 0 saturated heterocycles. The van der Waals surface area contributed by atoms with Crippen molar-refractivity contribution in [3.8, 4) is 0 Å². The third-order valence-corrected chi connectivity index (χ3v) is 1.50. The molecule has 0 aliphatic carbocycles. The summed E-state index contributed by atoms with van der Waals surface area (Å²) in [6, 6.07) is 0. The maximum Gasteiger partial charge on any atom is 0.427 e. The first kappa shape index (κ1) is 10.5. The largest absolute Gasteiger partial charge is 0.464 e. The van der Waals surface area contributed by atoms with Gasteiger partial charge in [0.15, 0.2) is 0 Å². The maximum absolute atomic E-state index is 10.9. The molecular weight excluding hydrogens is 184 g/mol. The molecule has 0 spiro atoms. The van der Waals surface area contributed by atoms with Gasteiger partial charge >= 0.3 is 6.09 Å². The van der Waals surface area contributed by atoms with Gasteiger partial charge in [-0.15, -0.1) is 5.10 Å². The number of amides is 1. The van der Waals surface area contributed by atoms with Crippen LogP contribution < -0.4 is 5.01 Å². The molecule has 0 bridgehead atoms. The van der Waals surface area contributed by atoms with Crippen LogP contribution in [0.3, 0.4) is 0 Å². The Hall–Kier alpha value is -1.59. The van der Waals surface area contributed by atoms with Crippen LogP contribution in [0.4, 0.5) is 4.79 Å². The van der Waals surface area contributed by atoms with E-state index in [9.17, 15) is 4.79 Å². The van der Waals surface area contributed by atoms with Crippen LogP contribution in [0.2, 0.25) is 0 Å². The van der Waals surface area contributed by atoms with Gasteiger partial charge in [-0.2, -0.15) is 9.80 Å². The zero-order valence-corrected chi connectivity index (χ0v) is 8.51. The van der Waals surface area contributed by atoms with Crippen molar-refractivity contribution < 1.29 is 9.90 Å². The van der Waals surface area contributed by atoms with Gasteiger partial charge in [0.2, 0.25) is 0 Å². The highest BCUT2D eigenvalue weighted by atomic mass is 16.4. The van der Waals surface area contributed by atoms with Crippen molar-refractivity contribution in [2.24, 2.45) is 5.41 Å². The highest BCUT2D eigenvalue weighted by Crippen LogP contribution is 2.14. The second kappa shape index (κ2) is 3.65. The summed E-state index contributed by atoms with van der Waals surface area (Å²) in [5, 5.41) is 17.3. The molecular formula is C8H14N4O2. The maximum atomic E-state index is 10.9. The molecule has 0 atom stereocenters. The average molecular weight is 198 g/mol. The third kappa shape index (κ3) is 2.72. The molecule has 78 valence electrons. The molecule has 1 aromatic rings. The molecule has 6 nitrogen and oxygen atoms in total. The molecule has 6 heteroatoms. The molecule has 1 amide bonds. The number of hydrogen-bond donors (Lipinski definition) is 1. The summed E-state index contributed by atoms with van der Waals surface area (Å²) >= 11 is 0. The fourth-order valence-corrected chi connectivity index (χ4v) is 1.01. The summed E-state index contributed by atoms with van der Waals surface area (Å²) < 4.78 is 0. The molecule has 14 heavy (non-hydrogen) atoms. The van der Waals surface area contributed by atoms with E-state index in [1.807, 2.05) is 20.8 Å². The molecule has 1 rings (SSSR count). The molecule has 1 N–H and O–H groups in total. The number of hydrogen-bond acceptors (Lipinski definition) is 3. The van der Waals surface area contributed by atoms with E-state index in [-0.39, 0.29) is 5.41 Å². The smallest absolute Gasteiger partial charge is 0.427 e. The van der Waals surface area contributed by atoms with E-state index in [1.165, 1.54) is 17.2 Å². The van der Waals surface area contributed by atoms with Crippen molar-refractivity contribution >= 4 is 6.09 Å². The monoisotopic (exact) mass is 198 g/mol. The lowest BCUT2D eigenvalue weighted by Crippen LogP contribution is -2.45. The second-order valence-corrected chi connectivity index (χ2v) is 4.22. The average Bonchev–Trinajstić information content (AvgIpc) is 2.49. The predicted octanol–water partition coefficient (Wildman–Crippen LogP) is 0.940. The molecule has 0 fully saturated rings. The van der Waals surface area contributed by atoms with Crippen LogP contribution >= 0.6 is 0 Å². The minimum atomic E-state index is -1.04. The van der Waals surface area contributed by atoms with Gasteiger partial charge in [0, 0.05) is 0 Å². The Morgan fingerprint density at radius 2 is 2.21 bits per heavy atom. The van der Waals surface area contributed by atoms with Gasteiger partial charge in [-0.3, -0.25) is 0 Å². The summed E-state index contributed by atoms with van der Waals surface area (Å²) in [6.45, 7) is 6.24. The van der Waals surface area contributed by atoms with Crippen LogP contribution in [0.25, 0.3) is 0 Å². The Kier molecular flexibility index (Phi) is 2.73. The van der Waals surface area contributed by atoms with E-state index in [1.54, 1.807) is 0 Å². The van der Waals surface area contributed by atoms with Gasteiger partial charge in [0.05, 0.1) is 18.9 Å². The highest BCUT2D eigenvalue weighted by Gasteiger charge is 2.22. The normalized spacial score (nSPS) is 11.4. The van der Waals surface area contributed by atoms with Crippen LogP contribution in [-0.4, -0.2) is 32.8 Å². The molecule has 0 unspecified atom stereocenters. The van der Waals surface area contributed by atoms with Gasteiger partial charge in [-0.25, -0.2) is 4.79 Å². The second-order valence-electron chi connectivity index (χ2n) is 4.22. The molecule has 1 heterocycles. The Morgan fingerprint density at radius 1 is 1.57 bits per heavy atom. The minimum absolute atomic E-state index is 0.121. The van der Waals surface area contributed by atoms with Gasteiger partial charge in [0.1, 0.15) is 0 Å². The first-order valence-corrected chi connectivity index (χ1v) is 4.27. The van der Waals surface area contributed by atoms with E-state index < -0.39 is 6.09 Å². The van der Waals surface area contributed by atoms with E-state index in [0.717, 1.165) is 5.01 Å². The number of carbonyl (C=O) groups is 1. The molecule has 0 aromatic carbocycles. The van der Waals surface area contributed by atoms with Crippen molar-refractivity contribution in [1.82, 2.24) is 15.1 Å². The summed E-state index contributed by atoms with van der Waals surface area (Å²) in [5.41, 5.74) is -0.121. The molecule has 0 aliphatic rings. The van der Waals surface area contributed by atoms with Gasteiger partial charge < -0.3 is 5.11 Å². The van der Waals surface area contributed by atoms with E-state index in [2.05, 4.69) is 10.3 Å². The zero-order chi connectivity index (χ0) is 10.8. The topological polar surface area (TPSA) is 71.2 Å².